The van der Waals surface area contributed by atoms with Gasteiger partial charge in [0, 0.05) is 25.0 Å². The fourth-order valence-corrected chi connectivity index (χ4v) is 2.07. The van der Waals surface area contributed by atoms with Crippen molar-refractivity contribution in [1.29, 1.82) is 0 Å². The Labute approximate surface area is 96.7 Å². The monoisotopic (exact) mass is 227 g/mol. The van der Waals surface area contributed by atoms with Crippen LogP contribution in [0.3, 0.4) is 0 Å². The molecule has 4 heteroatoms. The predicted octanol–water partition coefficient (Wildman–Crippen LogP) is 0.855. The van der Waals surface area contributed by atoms with Gasteiger partial charge >= 0.3 is 0 Å². The average molecular weight is 227 g/mol. The summed E-state index contributed by atoms with van der Waals surface area (Å²) in [6, 6.07) is 0. The van der Waals surface area contributed by atoms with E-state index in [4.69, 9.17) is 4.74 Å². The maximum Gasteiger partial charge on any atom is 0.243 e. The second kappa shape index (κ2) is 4.55. The number of amides is 1. The van der Waals surface area contributed by atoms with E-state index in [1.165, 1.54) is 6.08 Å². The third-order valence-electron chi connectivity index (χ3n) is 3.64. The molecular formula is C12H21NO3. The fourth-order valence-electron chi connectivity index (χ4n) is 2.07. The molecular weight excluding hydrogens is 206 g/mol. The van der Waals surface area contributed by atoms with Gasteiger partial charge < -0.3 is 15.2 Å². The molecule has 0 aliphatic heterocycles. The Bertz CT molecular complexity index is 288. The molecule has 0 saturated heterocycles. The summed E-state index contributed by atoms with van der Waals surface area (Å²) < 4.78 is 5.53. The van der Waals surface area contributed by atoms with Gasteiger partial charge in [-0.05, 0) is 13.0 Å². The van der Waals surface area contributed by atoms with E-state index in [0.717, 1.165) is 0 Å². The SMILES string of the molecule is C=CC(=O)NC[C@@]1(O)C[C@H](OCC)C1(C)C. The molecule has 92 valence electrons. The number of nitrogens with one attached hydrogen (secondary N) is 1. The Morgan fingerprint density at radius 3 is 2.75 bits per heavy atom. The number of aliphatic hydroxyl groups is 1. The highest BCUT2D eigenvalue weighted by molar-refractivity contribution is 5.86. The van der Waals surface area contributed by atoms with Gasteiger partial charge in [-0.1, -0.05) is 20.4 Å². The van der Waals surface area contributed by atoms with Gasteiger partial charge in [-0.3, -0.25) is 4.79 Å². The summed E-state index contributed by atoms with van der Waals surface area (Å²) >= 11 is 0. The van der Waals surface area contributed by atoms with Gasteiger partial charge in [-0.2, -0.15) is 0 Å². The van der Waals surface area contributed by atoms with E-state index in [-0.39, 0.29) is 24.0 Å². The molecule has 0 bridgehead atoms. The van der Waals surface area contributed by atoms with Gasteiger partial charge in [0.2, 0.25) is 5.91 Å². The Morgan fingerprint density at radius 1 is 1.69 bits per heavy atom. The summed E-state index contributed by atoms with van der Waals surface area (Å²) in [6.07, 6.45) is 1.82. The molecule has 4 nitrogen and oxygen atoms in total. The van der Waals surface area contributed by atoms with Crippen molar-refractivity contribution in [1.82, 2.24) is 5.32 Å². The molecule has 2 atom stereocenters. The number of carbonyl (C=O) groups is 1. The zero-order chi connectivity index (χ0) is 12.4. The van der Waals surface area contributed by atoms with Crippen molar-refractivity contribution in [3.8, 4) is 0 Å². The number of ether oxygens (including phenoxy) is 1. The predicted molar refractivity (Wildman–Crippen MR) is 62.0 cm³/mol. The van der Waals surface area contributed by atoms with Crippen molar-refractivity contribution in [3.05, 3.63) is 12.7 Å². The van der Waals surface area contributed by atoms with E-state index in [2.05, 4.69) is 11.9 Å². The van der Waals surface area contributed by atoms with Crippen LogP contribution in [-0.4, -0.2) is 35.9 Å². The first kappa shape index (κ1) is 13.2. The Morgan fingerprint density at radius 2 is 2.31 bits per heavy atom. The van der Waals surface area contributed by atoms with Crippen molar-refractivity contribution in [2.75, 3.05) is 13.2 Å². The summed E-state index contributed by atoms with van der Waals surface area (Å²) in [5.74, 6) is -0.260. The maximum atomic E-state index is 11.0. The minimum atomic E-state index is -0.883. The van der Waals surface area contributed by atoms with Crippen molar-refractivity contribution >= 4 is 5.91 Å². The smallest absolute Gasteiger partial charge is 0.243 e. The van der Waals surface area contributed by atoms with Crippen molar-refractivity contribution in [2.45, 2.75) is 38.9 Å². The highest BCUT2D eigenvalue weighted by Gasteiger charge is 2.59. The number of carbonyl (C=O) groups excluding carboxylic acids is 1. The molecule has 0 aromatic heterocycles. The van der Waals surface area contributed by atoms with Crippen LogP contribution in [0.5, 0.6) is 0 Å². The molecule has 1 rings (SSSR count). The molecule has 0 heterocycles. The second-order valence-corrected chi connectivity index (χ2v) is 4.82. The Kier molecular flexibility index (Phi) is 3.76. The van der Waals surface area contributed by atoms with Crippen LogP contribution in [0.25, 0.3) is 0 Å². The zero-order valence-electron chi connectivity index (χ0n) is 10.2. The van der Waals surface area contributed by atoms with E-state index in [1.807, 2.05) is 20.8 Å². The minimum Gasteiger partial charge on any atom is -0.387 e. The van der Waals surface area contributed by atoms with Crippen molar-refractivity contribution < 1.29 is 14.6 Å². The Balaban J connectivity index is 2.54. The van der Waals surface area contributed by atoms with Crippen LogP contribution in [0.2, 0.25) is 0 Å². The largest absolute Gasteiger partial charge is 0.387 e. The highest BCUT2D eigenvalue weighted by atomic mass is 16.5. The van der Waals surface area contributed by atoms with Gasteiger partial charge in [-0.25, -0.2) is 0 Å². The minimum absolute atomic E-state index is 0.0585. The number of hydrogen-bond donors (Lipinski definition) is 2. The van der Waals surface area contributed by atoms with E-state index >= 15 is 0 Å². The van der Waals surface area contributed by atoms with Crippen molar-refractivity contribution in [3.63, 3.8) is 0 Å². The van der Waals surface area contributed by atoms with Crippen LogP contribution in [-0.2, 0) is 9.53 Å². The van der Waals surface area contributed by atoms with Crippen LogP contribution in [0.15, 0.2) is 12.7 Å². The van der Waals surface area contributed by atoms with Crippen LogP contribution in [0, 0.1) is 5.41 Å². The van der Waals surface area contributed by atoms with E-state index in [9.17, 15) is 9.90 Å². The highest BCUT2D eigenvalue weighted by Crippen LogP contribution is 2.50. The molecule has 0 aromatic rings. The molecule has 16 heavy (non-hydrogen) atoms. The van der Waals surface area contributed by atoms with Gasteiger partial charge in [0.1, 0.15) is 0 Å². The fraction of sp³-hybridized carbons (Fsp3) is 0.750. The van der Waals surface area contributed by atoms with Gasteiger partial charge in [0.25, 0.3) is 0 Å². The number of hydrogen-bond acceptors (Lipinski definition) is 3. The lowest BCUT2D eigenvalue weighted by molar-refractivity contribution is -0.238. The maximum absolute atomic E-state index is 11.0. The summed E-state index contributed by atoms with van der Waals surface area (Å²) in [5, 5.41) is 13.0. The van der Waals surface area contributed by atoms with Gasteiger partial charge in [-0.15, -0.1) is 0 Å². The first-order chi connectivity index (χ1) is 7.37. The quantitative estimate of drug-likeness (QED) is 0.685. The molecule has 2 N–H and O–H groups in total. The average Bonchev–Trinajstić information content (AvgIpc) is 2.25. The summed E-state index contributed by atoms with van der Waals surface area (Å²) in [5.41, 5.74) is -1.22. The summed E-state index contributed by atoms with van der Waals surface area (Å²) in [4.78, 5) is 11.0. The second-order valence-electron chi connectivity index (χ2n) is 4.82. The molecule has 1 amide bonds. The molecule has 0 aromatic carbocycles. The molecule has 1 aliphatic rings. The van der Waals surface area contributed by atoms with Crippen LogP contribution >= 0.6 is 0 Å². The van der Waals surface area contributed by atoms with E-state index in [1.54, 1.807) is 0 Å². The first-order valence-electron chi connectivity index (χ1n) is 5.61. The lowest BCUT2D eigenvalue weighted by Gasteiger charge is -2.57. The third kappa shape index (κ3) is 2.13. The van der Waals surface area contributed by atoms with Gasteiger partial charge in [0.05, 0.1) is 11.7 Å². The molecule has 0 unspecified atom stereocenters. The standard InChI is InChI=1S/C12H21NO3/c1-5-10(14)13-8-12(15)7-9(16-6-2)11(12,3)4/h5,9,15H,1,6-8H2,2-4H3,(H,13,14)/t9-,12-/m0/s1. The summed E-state index contributed by atoms with van der Waals surface area (Å²) in [6.45, 7) is 10.1. The molecule has 1 aliphatic carbocycles. The van der Waals surface area contributed by atoms with E-state index < -0.39 is 5.60 Å². The zero-order valence-corrected chi connectivity index (χ0v) is 10.2. The van der Waals surface area contributed by atoms with Crippen LogP contribution in [0.1, 0.15) is 27.2 Å². The normalized spacial score (nSPS) is 31.6. The van der Waals surface area contributed by atoms with Crippen molar-refractivity contribution in [2.24, 2.45) is 5.41 Å². The van der Waals surface area contributed by atoms with Crippen LogP contribution < -0.4 is 5.32 Å². The van der Waals surface area contributed by atoms with Crippen LogP contribution in [0.4, 0.5) is 0 Å². The molecule has 0 spiro atoms. The molecule has 1 saturated carbocycles. The first-order valence-corrected chi connectivity index (χ1v) is 5.61. The summed E-state index contributed by atoms with van der Waals surface area (Å²) in [7, 11) is 0. The lowest BCUT2D eigenvalue weighted by Crippen LogP contribution is -2.68. The molecule has 0 radical (unpaired) electrons. The van der Waals surface area contributed by atoms with Gasteiger partial charge in [0.15, 0.2) is 0 Å². The molecule has 1 fully saturated rings. The number of rotatable bonds is 5. The van der Waals surface area contributed by atoms with E-state index in [0.29, 0.717) is 13.0 Å². The third-order valence-corrected chi connectivity index (χ3v) is 3.64. The lowest BCUT2D eigenvalue weighted by atomic mass is 9.56. The Hall–Kier alpha value is -0.870. The topological polar surface area (TPSA) is 58.6 Å².